The van der Waals surface area contributed by atoms with Crippen LogP contribution in [0.4, 0.5) is 0 Å². The van der Waals surface area contributed by atoms with Gasteiger partial charge in [-0.1, -0.05) is 66.7 Å². The topological polar surface area (TPSA) is 186 Å². The van der Waals surface area contributed by atoms with E-state index in [0.29, 0.717) is 16.7 Å². The summed E-state index contributed by atoms with van der Waals surface area (Å²) in [5.41, 5.74) is 3.30. The maximum Gasteiger partial charge on any atom is 0.242 e. The summed E-state index contributed by atoms with van der Waals surface area (Å²) in [6, 6.07) is 21.8. The van der Waals surface area contributed by atoms with E-state index in [4.69, 9.17) is 5.26 Å². The second kappa shape index (κ2) is 16.3. The number of benzene rings is 3. The van der Waals surface area contributed by atoms with E-state index in [1.165, 1.54) is 0 Å². The van der Waals surface area contributed by atoms with E-state index in [9.17, 15) is 27.6 Å². The van der Waals surface area contributed by atoms with Gasteiger partial charge < -0.3 is 21.3 Å². The summed E-state index contributed by atoms with van der Waals surface area (Å²) in [5, 5.41) is 20.0. The summed E-state index contributed by atoms with van der Waals surface area (Å²) in [7, 11) is -4.04. The van der Waals surface area contributed by atoms with Gasteiger partial charge in [-0.05, 0) is 47.2 Å². The van der Waals surface area contributed by atoms with Gasteiger partial charge in [0.15, 0.2) is 0 Å². The summed E-state index contributed by atoms with van der Waals surface area (Å²) in [6.07, 6.45) is -0.507. The van der Waals surface area contributed by atoms with E-state index in [0.717, 1.165) is 11.1 Å². The van der Waals surface area contributed by atoms with Crippen LogP contribution in [0, 0.1) is 11.3 Å². The molecule has 0 fully saturated rings. The molecule has 240 valence electrons. The fraction of sp³-hybridized carbons (Fsp3) is 0.303. The second-order valence-corrected chi connectivity index (χ2v) is 12.7. The quantitative estimate of drug-likeness (QED) is 0.259. The number of sulfonamides is 1. The Morgan fingerprint density at radius 3 is 2.09 bits per heavy atom. The minimum atomic E-state index is -4.04. The highest BCUT2D eigenvalue weighted by Crippen LogP contribution is 2.11. The van der Waals surface area contributed by atoms with Crippen LogP contribution in [-0.2, 0) is 54.6 Å². The number of hydrogen-bond donors (Lipinski definition) is 5. The molecular weight excluding hydrogens is 608 g/mol. The molecule has 5 N–H and O–H groups in total. The van der Waals surface area contributed by atoms with E-state index >= 15 is 0 Å². The molecule has 3 aromatic rings. The average molecular weight is 645 g/mol. The van der Waals surface area contributed by atoms with Crippen molar-refractivity contribution in [3.8, 4) is 6.07 Å². The van der Waals surface area contributed by atoms with Gasteiger partial charge in [0.05, 0.1) is 17.4 Å². The Labute approximate surface area is 268 Å². The highest BCUT2D eigenvalue weighted by molar-refractivity contribution is 7.88. The third-order valence-corrected chi connectivity index (χ3v) is 8.67. The van der Waals surface area contributed by atoms with E-state index in [-0.39, 0.29) is 57.1 Å². The Hall–Kier alpha value is -5.06. The normalized spacial score (nSPS) is 18.2. The predicted molar refractivity (Wildman–Crippen MR) is 170 cm³/mol. The van der Waals surface area contributed by atoms with Crippen LogP contribution in [0.1, 0.15) is 53.5 Å². The summed E-state index contributed by atoms with van der Waals surface area (Å²) >= 11 is 0. The zero-order valence-electron chi connectivity index (χ0n) is 25.1. The van der Waals surface area contributed by atoms with E-state index in [2.05, 4.69) is 26.0 Å². The molecule has 0 saturated carbocycles. The van der Waals surface area contributed by atoms with Crippen LogP contribution in [0.25, 0.3) is 0 Å². The molecule has 0 radical (unpaired) electrons. The number of nitrogens with zero attached hydrogens (tertiary/aromatic N) is 1. The van der Waals surface area contributed by atoms with E-state index < -0.39 is 39.7 Å². The lowest BCUT2D eigenvalue weighted by Crippen LogP contribution is -2.54. The van der Waals surface area contributed by atoms with Crippen molar-refractivity contribution >= 4 is 33.7 Å². The Kier molecular flexibility index (Phi) is 12.0. The van der Waals surface area contributed by atoms with Crippen molar-refractivity contribution < 1.29 is 27.6 Å². The molecule has 2 atom stereocenters. The summed E-state index contributed by atoms with van der Waals surface area (Å²) in [4.78, 5) is 52.4. The number of nitrogens with one attached hydrogen (secondary N) is 5. The van der Waals surface area contributed by atoms with Gasteiger partial charge in [-0.3, -0.25) is 19.2 Å². The lowest BCUT2D eigenvalue weighted by atomic mass is 10.1. The molecule has 0 saturated heterocycles. The van der Waals surface area contributed by atoms with Gasteiger partial charge in [-0.2, -0.15) is 5.26 Å². The fourth-order valence-corrected chi connectivity index (χ4v) is 6.20. The molecule has 13 heteroatoms. The first-order valence-electron chi connectivity index (χ1n) is 14.8. The Bertz CT molecular complexity index is 1690. The molecule has 0 aromatic heterocycles. The molecule has 3 aromatic carbocycles. The number of amides is 4. The number of nitriles is 1. The maximum atomic E-state index is 13.6. The van der Waals surface area contributed by atoms with Crippen molar-refractivity contribution in [1.29, 1.82) is 5.26 Å². The largest absolute Gasteiger partial charge is 0.352 e. The zero-order chi connectivity index (χ0) is 32.9. The van der Waals surface area contributed by atoms with Crippen LogP contribution >= 0.6 is 0 Å². The van der Waals surface area contributed by atoms with E-state index in [1.807, 2.05) is 30.3 Å². The summed E-state index contributed by atoms with van der Waals surface area (Å²) < 4.78 is 28.6. The second-order valence-electron chi connectivity index (χ2n) is 11.0. The Balaban J connectivity index is 1.55. The van der Waals surface area contributed by atoms with Gasteiger partial charge in [-0.15, -0.1) is 0 Å². The number of rotatable bonds is 7. The highest BCUT2D eigenvalue weighted by Gasteiger charge is 2.30. The minimum absolute atomic E-state index is 0.0687. The average Bonchev–Trinajstić information content (AvgIpc) is 3.05. The zero-order valence-corrected chi connectivity index (χ0v) is 25.9. The number of carbonyl (C=O) groups excluding carboxylic acids is 4. The van der Waals surface area contributed by atoms with Gasteiger partial charge in [0.2, 0.25) is 33.7 Å². The molecule has 0 spiro atoms. The van der Waals surface area contributed by atoms with Gasteiger partial charge in [0.25, 0.3) is 0 Å². The van der Waals surface area contributed by atoms with Crippen LogP contribution in [0.15, 0.2) is 78.9 Å². The highest BCUT2D eigenvalue weighted by atomic mass is 32.2. The van der Waals surface area contributed by atoms with Gasteiger partial charge >= 0.3 is 0 Å². The number of fused-ring (bicyclic) bond motifs is 2. The summed E-state index contributed by atoms with van der Waals surface area (Å²) in [5.74, 6) is -2.52. The molecule has 4 amide bonds. The van der Waals surface area contributed by atoms with Crippen molar-refractivity contribution in [2.75, 3.05) is 0 Å². The van der Waals surface area contributed by atoms with E-state index in [1.54, 1.807) is 54.6 Å². The molecule has 0 aliphatic carbocycles. The Morgan fingerprint density at radius 2 is 1.46 bits per heavy atom. The van der Waals surface area contributed by atoms with Crippen molar-refractivity contribution in [1.82, 2.24) is 26.0 Å². The molecule has 1 aliphatic heterocycles. The number of carbonyl (C=O) groups is 4. The minimum Gasteiger partial charge on any atom is -0.352 e. The first-order chi connectivity index (χ1) is 22.1. The third kappa shape index (κ3) is 10.8. The molecule has 1 heterocycles. The lowest BCUT2D eigenvalue weighted by molar-refractivity contribution is -0.131. The van der Waals surface area contributed by atoms with Crippen molar-refractivity contribution in [2.45, 2.75) is 63.2 Å². The van der Waals surface area contributed by atoms with Crippen LogP contribution < -0.4 is 26.0 Å². The molecule has 2 bridgehead atoms. The first-order valence-corrected chi connectivity index (χ1v) is 16.5. The SMILES string of the molecule is N#Cc1ccc(CNC(=O)C2CCC(=O)NCc3cccc(c3)CNC(=O)CCC(NS(=O)(=O)Cc3ccccc3)C(=O)N2)cc1. The van der Waals surface area contributed by atoms with Gasteiger partial charge in [-0.25, -0.2) is 13.1 Å². The smallest absolute Gasteiger partial charge is 0.242 e. The predicted octanol–water partition coefficient (Wildman–Crippen LogP) is 1.65. The standard InChI is InChI=1S/C33H36N6O6S/c34-18-23-9-11-24(12-10-23)19-37-32(42)28-13-15-30(40)35-20-26-7-4-8-27(17-26)21-36-31(41)16-14-29(33(43)38-28)39-46(44,45)22-25-5-2-1-3-6-25/h1-12,17,28-29,39H,13-16,19-22H2,(H,35,40)(H,36,41)(H,37,42)(H,38,43). The molecule has 4 rings (SSSR count). The molecule has 1 aliphatic rings. The maximum absolute atomic E-state index is 13.6. The van der Waals surface area contributed by atoms with Crippen LogP contribution in [0.5, 0.6) is 0 Å². The monoisotopic (exact) mass is 644 g/mol. The number of hydrogen-bond acceptors (Lipinski definition) is 7. The van der Waals surface area contributed by atoms with Gasteiger partial charge in [0, 0.05) is 32.5 Å². The van der Waals surface area contributed by atoms with Crippen molar-refractivity contribution in [2.24, 2.45) is 0 Å². The lowest BCUT2D eigenvalue weighted by Gasteiger charge is -2.23. The van der Waals surface area contributed by atoms with Gasteiger partial charge in [0.1, 0.15) is 12.1 Å². The molecular formula is C33H36N6O6S. The fourth-order valence-electron chi connectivity index (χ4n) is 4.82. The Morgan fingerprint density at radius 1 is 0.826 bits per heavy atom. The van der Waals surface area contributed by atoms with Crippen LogP contribution in [0.2, 0.25) is 0 Å². The molecule has 2 unspecified atom stereocenters. The van der Waals surface area contributed by atoms with Crippen molar-refractivity contribution in [3.63, 3.8) is 0 Å². The van der Waals surface area contributed by atoms with Crippen LogP contribution in [0.3, 0.4) is 0 Å². The molecule has 12 nitrogen and oxygen atoms in total. The summed E-state index contributed by atoms with van der Waals surface area (Å²) in [6.45, 7) is 0.527. The van der Waals surface area contributed by atoms with Crippen LogP contribution in [-0.4, -0.2) is 44.1 Å². The molecule has 46 heavy (non-hydrogen) atoms. The first kappa shape index (κ1) is 33.8. The van der Waals surface area contributed by atoms with Crippen molar-refractivity contribution in [3.05, 3.63) is 107 Å². The third-order valence-electron chi connectivity index (χ3n) is 7.31.